The molecule has 0 aliphatic rings. The van der Waals surface area contributed by atoms with Gasteiger partial charge in [0.1, 0.15) is 5.76 Å². The summed E-state index contributed by atoms with van der Waals surface area (Å²) >= 11 is 0. The fourth-order valence-corrected chi connectivity index (χ4v) is 1.53. The van der Waals surface area contributed by atoms with Crippen LogP contribution in [0.4, 0.5) is 10.5 Å². The average Bonchev–Trinajstić information content (AvgIpc) is 2.90. The Balaban J connectivity index is 1.86. The van der Waals surface area contributed by atoms with Gasteiger partial charge in [-0.05, 0) is 29.8 Å². The molecule has 1 aromatic heterocycles. The lowest BCUT2D eigenvalue weighted by Gasteiger charge is -2.07. The first-order valence-electron chi connectivity index (χ1n) is 5.64. The smallest absolute Gasteiger partial charge is 0.319 e. The molecule has 1 aromatic carbocycles. The van der Waals surface area contributed by atoms with E-state index in [9.17, 15) is 4.79 Å². The molecule has 2 amide bonds. The van der Waals surface area contributed by atoms with Crippen LogP contribution >= 0.6 is 0 Å². The maximum absolute atomic E-state index is 11.6. The molecule has 18 heavy (non-hydrogen) atoms. The van der Waals surface area contributed by atoms with Crippen molar-refractivity contribution in [3.8, 4) is 0 Å². The molecule has 0 fully saturated rings. The molecule has 0 aliphatic carbocycles. The minimum Gasteiger partial charge on any atom is -0.467 e. The van der Waals surface area contributed by atoms with Crippen LogP contribution in [0.25, 0.3) is 0 Å². The summed E-state index contributed by atoms with van der Waals surface area (Å²) in [6.45, 7) is 0.805. The van der Waals surface area contributed by atoms with E-state index < -0.39 is 0 Å². The lowest BCUT2D eigenvalue weighted by atomic mass is 10.2. The average molecular weight is 245 g/mol. The predicted octanol–water partition coefficient (Wildman–Crippen LogP) is 2.06. The molecular formula is C13H15N3O2. The van der Waals surface area contributed by atoms with E-state index in [0.717, 1.165) is 11.3 Å². The summed E-state index contributed by atoms with van der Waals surface area (Å²) in [5, 5.41) is 5.43. The number of rotatable bonds is 4. The summed E-state index contributed by atoms with van der Waals surface area (Å²) in [6.07, 6.45) is 1.57. The highest BCUT2D eigenvalue weighted by Crippen LogP contribution is 2.09. The minimum absolute atomic E-state index is 0.277. The summed E-state index contributed by atoms with van der Waals surface area (Å²) < 4.78 is 5.11. The summed E-state index contributed by atoms with van der Waals surface area (Å²) in [5.74, 6) is 0.709. The van der Waals surface area contributed by atoms with Gasteiger partial charge in [-0.3, -0.25) is 0 Å². The maximum atomic E-state index is 11.6. The fraction of sp³-hybridized carbons (Fsp3) is 0.154. The number of amides is 2. The number of anilines is 1. The van der Waals surface area contributed by atoms with Gasteiger partial charge in [-0.2, -0.15) is 0 Å². The molecule has 4 N–H and O–H groups in total. The van der Waals surface area contributed by atoms with Crippen LogP contribution in [-0.4, -0.2) is 6.03 Å². The Morgan fingerprint density at radius 3 is 2.89 bits per heavy atom. The second-order valence-electron chi connectivity index (χ2n) is 3.79. The summed E-state index contributed by atoms with van der Waals surface area (Å²) in [5.41, 5.74) is 7.22. The normalized spacial score (nSPS) is 10.1. The van der Waals surface area contributed by atoms with Gasteiger partial charge < -0.3 is 20.8 Å². The van der Waals surface area contributed by atoms with E-state index in [2.05, 4.69) is 10.6 Å². The van der Waals surface area contributed by atoms with Gasteiger partial charge in [0.15, 0.2) is 0 Å². The minimum atomic E-state index is -0.277. The van der Waals surface area contributed by atoms with E-state index in [4.69, 9.17) is 10.2 Å². The van der Waals surface area contributed by atoms with E-state index in [-0.39, 0.29) is 6.03 Å². The number of urea groups is 1. The SMILES string of the molecule is NCc1cccc(NC(=O)NCc2ccco2)c1. The van der Waals surface area contributed by atoms with E-state index in [1.165, 1.54) is 0 Å². The second kappa shape index (κ2) is 5.88. The van der Waals surface area contributed by atoms with Gasteiger partial charge in [-0.25, -0.2) is 4.79 Å². The Morgan fingerprint density at radius 2 is 2.17 bits per heavy atom. The molecule has 2 rings (SSSR count). The zero-order chi connectivity index (χ0) is 12.8. The molecule has 0 bridgehead atoms. The van der Waals surface area contributed by atoms with Crippen molar-refractivity contribution in [1.29, 1.82) is 0 Å². The van der Waals surface area contributed by atoms with Gasteiger partial charge in [-0.15, -0.1) is 0 Å². The zero-order valence-electron chi connectivity index (χ0n) is 9.85. The van der Waals surface area contributed by atoms with Gasteiger partial charge in [-0.1, -0.05) is 12.1 Å². The number of hydrogen-bond donors (Lipinski definition) is 3. The predicted molar refractivity (Wildman–Crippen MR) is 68.9 cm³/mol. The third kappa shape index (κ3) is 3.36. The molecule has 1 heterocycles. The van der Waals surface area contributed by atoms with Crippen molar-refractivity contribution < 1.29 is 9.21 Å². The molecule has 0 spiro atoms. The van der Waals surface area contributed by atoms with Crippen molar-refractivity contribution in [2.75, 3.05) is 5.32 Å². The Kier molecular flexibility index (Phi) is 3.98. The maximum Gasteiger partial charge on any atom is 0.319 e. The number of nitrogens with two attached hydrogens (primary N) is 1. The van der Waals surface area contributed by atoms with Crippen LogP contribution in [0, 0.1) is 0 Å². The van der Waals surface area contributed by atoms with Crippen LogP contribution in [0.15, 0.2) is 47.1 Å². The first kappa shape index (κ1) is 12.2. The van der Waals surface area contributed by atoms with E-state index in [1.54, 1.807) is 18.4 Å². The standard InChI is InChI=1S/C13H15N3O2/c14-8-10-3-1-4-11(7-10)16-13(17)15-9-12-5-2-6-18-12/h1-7H,8-9,14H2,(H2,15,16,17). The lowest BCUT2D eigenvalue weighted by Crippen LogP contribution is -2.28. The highest BCUT2D eigenvalue weighted by atomic mass is 16.3. The first-order valence-corrected chi connectivity index (χ1v) is 5.64. The summed E-state index contributed by atoms with van der Waals surface area (Å²) in [6, 6.07) is 10.7. The molecule has 0 radical (unpaired) electrons. The van der Waals surface area contributed by atoms with Crippen molar-refractivity contribution in [3.05, 3.63) is 54.0 Å². The van der Waals surface area contributed by atoms with Crippen molar-refractivity contribution in [1.82, 2.24) is 5.32 Å². The largest absolute Gasteiger partial charge is 0.467 e. The number of benzene rings is 1. The van der Waals surface area contributed by atoms with Crippen LogP contribution in [0.5, 0.6) is 0 Å². The van der Waals surface area contributed by atoms with Crippen molar-refractivity contribution >= 4 is 11.7 Å². The Morgan fingerprint density at radius 1 is 1.28 bits per heavy atom. The van der Waals surface area contributed by atoms with Crippen molar-refractivity contribution in [2.24, 2.45) is 5.73 Å². The number of nitrogens with one attached hydrogen (secondary N) is 2. The summed E-state index contributed by atoms with van der Waals surface area (Å²) in [4.78, 5) is 11.6. The van der Waals surface area contributed by atoms with Gasteiger partial charge in [0.05, 0.1) is 12.8 Å². The molecule has 94 valence electrons. The zero-order valence-corrected chi connectivity index (χ0v) is 9.85. The Bertz CT molecular complexity index is 509. The van der Waals surface area contributed by atoms with Crippen LogP contribution in [0.3, 0.4) is 0 Å². The number of furan rings is 1. The molecular weight excluding hydrogens is 230 g/mol. The van der Waals surface area contributed by atoms with E-state index in [1.807, 2.05) is 24.3 Å². The second-order valence-corrected chi connectivity index (χ2v) is 3.79. The molecule has 2 aromatic rings. The van der Waals surface area contributed by atoms with E-state index >= 15 is 0 Å². The fourth-order valence-electron chi connectivity index (χ4n) is 1.53. The summed E-state index contributed by atoms with van der Waals surface area (Å²) in [7, 11) is 0. The molecule has 0 aliphatic heterocycles. The van der Waals surface area contributed by atoms with Crippen molar-refractivity contribution in [3.63, 3.8) is 0 Å². The quantitative estimate of drug-likeness (QED) is 0.771. The van der Waals surface area contributed by atoms with Gasteiger partial charge in [0, 0.05) is 12.2 Å². The number of carbonyl (C=O) groups is 1. The highest BCUT2D eigenvalue weighted by Gasteiger charge is 2.03. The van der Waals surface area contributed by atoms with Gasteiger partial charge >= 0.3 is 6.03 Å². The third-order valence-electron chi connectivity index (χ3n) is 2.42. The van der Waals surface area contributed by atoms with Gasteiger partial charge in [0.2, 0.25) is 0 Å². The molecule has 5 nitrogen and oxygen atoms in total. The van der Waals surface area contributed by atoms with Crippen LogP contribution in [0.2, 0.25) is 0 Å². The number of carbonyl (C=O) groups excluding carboxylic acids is 1. The molecule has 0 saturated heterocycles. The lowest BCUT2D eigenvalue weighted by molar-refractivity contribution is 0.251. The van der Waals surface area contributed by atoms with Gasteiger partial charge in [0.25, 0.3) is 0 Å². The van der Waals surface area contributed by atoms with Crippen LogP contribution in [-0.2, 0) is 13.1 Å². The molecule has 0 atom stereocenters. The van der Waals surface area contributed by atoms with E-state index in [0.29, 0.717) is 18.8 Å². The topological polar surface area (TPSA) is 80.3 Å². The molecule has 0 unspecified atom stereocenters. The van der Waals surface area contributed by atoms with Crippen LogP contribution < -0.4 is 16.4 Å². The number of hydrogen-bond acceptors (Lipinski definition) is 3. The Labute approximate surface area is 105 Å². The third-order valence-corrected chi connectivity index (χ3v) is 2.42. The van der Waals surface area contributed by atoms with Crippen molar-refractivity contribution in [2.45, 2.75) is 13.1 Å². The molecule has 5 heteroatoms. The monoisotopic (exact) mass is 245 g/mol. The highest BCUT2D eigenvalue weighted by molar-refractivity contribution is 5.89. The van der Waals surface area contributed by atoms with Crippen LogP contribution in [0.1, 0.15) is 11.3 Å². The molecule has 0 saturated carbocycles. The Hall–Kier alpha value is -2.27. The first-order chi connectivity index (χ1) is 8.78.